The molecule has 0 radical (unpaired) electrons. The van der Waals surface area contributed by atoms with E-state index in [-0.39, 0.29) is 5.91 Å². The largest absolute Gasteiger partial charge is 0.548 e. The van der Waals surface area contributed by atoms with Crippen molar-refractivity contribution in [1.29, 1.82) is 0 Å². The van der Waals surface area contributed by atoms with Gasteiger partial charge in [0.1, 0.15) is 0 Å². The second-order valence-electron chi connectivity index (χ2n) is 4.34. The van der Waals surface area contributed by atoms with Crippen LogP contribution in [0.25, 0.3) is 0 Å². The Morgan fingerprint density at radius 3 is 1.75 bits per heavy atom. The zero-order valence-corrected chi connectivity index (χ0v) is 10.8. The molecule has 2 aromatic rings. The summed E-state index contributed by atoms with van der Waals surface area (Å²) in [6, 6.07) is 18.5. The third-order valence-electron chi connectivity index (χ3n) is 2.93. The van der Waals surface area contributed by atoms with Gasteiger partial charge in [-0.3, -0.25) is 4.79 Å². The predicted molar refractivity (Wildman–Crippen MR) is 72.7 cm³/mol. The lowest BCUT2D eigenvalue weighted by Gasteiger charge is -2.18. The van der Waals surface area contributed by atoms with Crippen molar-refractivity contribution in [3.63, 3.8) is 0 Å². The summed E-state index contributed by atoms with van der Waals surface area (Å²) in [6.07, 6.45) is 0. The van der Waals surface area contributed by atoms with Crippen molar-refractivity contribution < 1.29 is 14.7 Å². The van der Waals surface area contributed by atoms with Crippen LogP contribution in [0.3, 0.4) is 0 Å². The number of amides is 1. The number of carbonyl (C=O) groups is 2. The highest BCUT2D eigenvalue weighted by molar-refractivity contribution is 5.89. The smallest absolute Gasteiger partial charge is 0.232 e. The molecule has 0 atom stereocenters. The topological polar surface area (TPSA) is 69.2 Å². The minimum atomic E-state index is -1.31. The highest BCUT2D eigenvalue weighted by Gasteiger charge is 2.21. The Morgan fingerprint density at radius 2 is 1.35 bits per heavy atom. The minimum absolute atomic E-state index is 0.355. The zero-order valence-electron chi connectivity index (χ0n) is 10.8. The van der Waals surface area contributed by atoms with Gasteiger partial charge in [0, 0.05) is 0 Å². The van der Waals surface area contributed by atoms with Crippen LogP contribution < -0.4 is 10.4 Å². The molecule has 0 saturated carbocycles. The van der Waals surface area contributed by atoms with E-state index in [1.54, 1.807) is 0 Å². The van der Waals surface area contributed by atoms with E-state index in [1.807, 2.05) is 60.7 Å². The van der Waals surface area contributed by atoms with E-state index in [9.17, 15) is 14.7 Å². The molecule has 0 fully saturated rings. The van der Waals surface area contributed by atoms with E-state index in [2.05, 4.69) is 5.32 Å². The molecule has 0 spiro atoms. The lowest BCUT2D eigenvalue weighted by Crippen LogP contribution is -2.40. The van der Waals surface area contributed by atoms with Crippen molar-refractivity contribution in [1.82, 2.24) is 5.32 Å². The van der Waals surface area contributed by atoms with Crippen molar-refractivity contribution in [3.05, 3.63) is 71.8 Å². The van der Waals surface area contributed by atoms with E-state index >= 15 is 0 Å². The standard InChI is InChI=1S/C16H15NO3/c18-14(19)11-17-16(20)15(12-7-3-1-4-8-12)13-9-5-2-6-10-13/h1-10,15H,11H2,(H,17,20)(H,18,19)/p-1. The number of aliphatic carboxylic acids is 1. The van der Waals surface area contributed by atoms with Crippen molar-refractivity contribution in [3.8, 4) is 0 Å². The quantitative estimate of drug-likeness (QED) is 0.867. The predicted octanol–water partition coefficient (Wildman–Crippen LogP) is 0.685. The van der Waals surface area contributed by atoms with Crippen LogP contribution in [0, 0.1) is 0 Å². The summed E-state index contributed by atoms with van der Waals surface area (Å²) in [7, 11) is 0. The number of rotatable bonds is 5. The molecule has 0 aliphatic carbocycles. The van der Waals surface area contributed by atoms with Crippen LogP contribution in [0.1, 0.15) is 17.0 Å². The monoisotopic (exact) mass is 268 g/mol. The Bertz CT molecular complexity index is 542. The molecule has 1 N–H and O–H groups in total. The van der Waals surface area contributed by atoms with E-state index in [4.69, 9.17) is 0 Å². The molecule has 0 bridgehead atoms. The molecule has 20 heavy (non-hydrogen) atoms. The van der Waals surface area contributed by atoms with Gasteiger partial charge in [-0.05, 0) is 11.1 Å². The van der Waals surface area contributed by atoms with Gasteiger partial charge in [0.2, 0.25) is 5.91 Å². The first-order valence-corrected chi connectivity index (χ1v) is 6.26. The van der Waals surface area contributed by atoms with Crippen LogP contribution in [0.15, 0.2) is 60.7 Å². The van der Waals surface area contributed by atoms with Crippen LogP contribution in [-0.2, 0) is 9.59 Å². The molecular formula is C16H14NO3-. The molecule has 4 heteroatoms. The van der Waals surface area contributed by atoms with Gasteiger partial charge in [0.25, 0.3) is 0 Å². The van der Waals surface area contributed by atoms with Crippen molar-refractivity contribution in [2.75, 3.05) is 6.54 Å². The first-order chi connectivity index (χ1) is 9.68. The molecule has 2 rings (SSSR count). The van der Waals surface area contributed by atoms with Gasteiger partial charge >= 0.3 is 0 Å². The third kappa shape index (κ3) is 3.45. The highest BCUT2D eigenvalue weighted by atomic mass is 16.4. The van der Waals surface area contributed by atoms with Gasteiger partial charge < -0.3 is 15.2 Å². The van der Waals surface area contributed by atoms with Gasteiger partial charge in [-0.15, -0.1) is 0 Å². The maximum atomic E-state index is 12.2. The molecule has 0 heterocycles. The average molecular weight is 268 g/mol. The number of benzene rings is 2. The summed E-state index contributed by atoms with van der Waals surface area (Å²) in [5, 5.41) is 12.9. The van der Waals surface area contributed by atoms with E-state index in [0.717, 1.165) is 11.1 Å². The van der Waals surface area contributed by atoms with Gasteiger partial charge in [-0.2, -0.15) is 0 Å². The second kappa shape index (κ2) is 6.52. The van der Waals surface area contributed by atoms with Gasteiger partial charge in [0.15, 0.2) is 0 Å². The van der Waals surface area contributed by atoms with Crippen LogP contribution in [0.5, 0.6) is 0 Å². The molecule has 0 unspecified atom stereocenters. The van der Waals surface area contributed by atoms with Gasteiger partial charge in [0.05, 0.1) is 18.4 Å². The Kier molecular flexibility index (Phi) is 4.50. The fraction of sp³-hybridized carbons (Fsp3) is 0.125. The summed E-state index contributed by atoms with van der Waals surface area (Å²) in [5.74, 6) is -2.19. The molecular weight excluding hydrogens is 254 g/mol. The number of nitrogens with one attached hydrogen (secondary N) is 1. The molecule has 0 aliphatic rings. The number of carboxylic acids is 1. The normalized spacial score (nSPS) is 10.2. The summed E-state index contributed by atoms with van der Waals surface area (Å²) in [5.41, 5.74) is 1.63. The minimum Gasteiger partial charge on any atom is -0.548 e. The molecule has 1 amide bonds. The summed E-state index contributed by atoms with van der Waals surface area (Å²) >= 11 is 0. The van der Waals surface area contributed by atoms with E-state index in [0.29, 0.717) is 0 Å². The highest BCUT2D eigenvalue weighted by Crippen LogP contribution is 2.24. The number of hydrogen-bond acceptors (Lipinski definition) is 3. The fourth-order valence-electron chi connectivity index (χ4n) is 2.05. The molecule has 2 aromatic carbocycles. The summed E-state index contributed by atoms with van der Waals surface area (Å²) in [4.78, 5) is 22.7. The maximum Gasteiger partial charge on any atom is 0.232 e. The molecule has 0 aliphatic heterocycles. The lowest BCUT2D eigenvalue weighted by atomic mass is 9.90. The Balaban J connectivity index is 2.30. The second-order valence-corrected chi connectivity index (χ2v) is 4.34. The third-order valence-corrected chi connectivity index (χ3v) is 2.93. The lowest BCUT2D eigenvalue weighted by molar-refractivity contribution is -0.304. The Morgan fingerprint density at radius 1 is 0.900 bits per heavy atom. The van der Waals surface area contributed by atoms with Crippen LogP contribution in [0.4, 0.5) is 0 Å². The molecule has 102 valence electrons. The molecule has 0 saturated heterocycles. The number of carboxylic acid groups (broad SMARTS) is 1. The average Bonchev–Trinajstić information content (AvgIpc) is 2.48. The van der Waals surface area contributed by atoms with Crippen molar-refractivity contribution in [2.45, 2.75) is 5.92 Å². The fourth-order valence-corrected chi connectivity index (χ4v) is 2.05. The summed E-state index contributed by atoms with van der Waals surface area (Å²) in [6.45, 7) is -0.491. The van der Waals surface area contributed by atoms with Crippen LogP contribution in [-0.4, -0.2) is 18.4 Å². The number of hydrogen-bond donors (Lipinski definition) is 1. The van der Waals surface area contributed by atoms with Crippen molar-refractivity contribution in [2.24, 2.45) is 0 Å². The Labute approximate surface area is 117 Å². The summed E-state index contributed by atoms with van der Waals surface area (Å²) < 4.78 is 0. The van der Waals surface area contributed by atoms with Gasteiger partial charge in [-0.25, -0.2) is 0 Å². The SMILES string of the molecule is O=C([O-])CNC(=O)C(c1ccccc1)c1ccccc1. The zero-order chi connectivity index (χ0) is 14.4. The number of carbonyl (C=O) groups excluding carboxylic acids is 2. The van der Waals surface area contributed by atoms with Gasteiger partial charge in [-0.1, -0.05) is 60.7 Å². The van der Waals surface area contributed by atoms with Crippen molar-refractivity contribution >= 4 is 11.9 Å². The van der Waals surface area contributed by atoms with Crippen LogP contribution in [0.2, 0.25) is 0 Å². The van der Waals surface area contributed by atoms with Crippen LogP contribution >= 0.6 is 0 Å². The molecule has 0 aromatic heterocycles. The first-order valence-electron chi connectivity index (χ1n) is 6.26. The first kappa shape index (κ1) is 13.8. The maximum absolute atomic E-state index is 12.2. The van der Waals surface area contributed by atoms with E-state index < -0.39 is 18.4 Å². The molecule has 4 nitrogen and oxygen atoms in total. The van der Waals surface area contributed by atoms with E-state index in [1.165, 1.54) is 0 Å². The Hall–Kier alpha value is -2.62.